The Morgan fingerprint density at radius 2 is 2.10 bits per heavy atom. The maximum Gasteiger partial charge on any atom is 0.170 e. The van der Waals surface area contributed by atoms with Crippen LogP contribution in [-0.4, -0.2) is 27.8 Å². The summed E-state index contributed by atoms with van der Waals surface area (Å²) >= 11 is 0. The summed E-state index contributed by atoms with van der Waals surface area (Å²) in [6, 6.07) is 2.50. The van der Waals surface area contributed by atoms with Crippen LogP contribution in [0, 0.1) is 0 Å². The molecule has 0 aliphatic heterocycles. The fourth-order valence-corrected chi connectivity index (χ4v) is 3.07. The number of carbonyl (C=O) groups is 1. The van der Waals surface area contributed by atoms with Crippen LogP contribution in [0.5, 0.6) is 0 Å². The van der Waals surface area contributed by atoms with Crippen LogP contribution in [0.4, 0.5) is 0 Å². The summed E-state index contributed by atoms with van der Waals surface area (Å²) in [6.07, 6.45) is 9.43. The Morgan fingerprint density at radius 1 is 1.38 bits per heavy atom. The van der Waals surface area contributed by atoms with E-state index in [1.165, 1.54) is 32.1 Å². The molecule has 0 aromatic carbocycles. The monoisotopic (exact) mass is 292 g/mol. The third-order valence-corrected chi connectivity index (χ3v) is 4.68. The Morgan fingerprint density at radius 3 is 2.71 bits per heavy atom. The minimum absolute atomic E-state index is 0.126. The molecule has 0 amide bonds. The topological polar surface area (TPSA) is 44.1 Å². The zero-order valence-electron chi connectivity index (χ0n) is 13.6. The maximum atomic E-state index is 12.5. The van der Waals surface area contributed by atoms with Crippen molar-refractivity contribution in [1.82, 2.24) is 9.78 Å². The first-order valence-electron chi connectivity index (χ1n) is 8.30. The Bertz CT molecular complexity index is 463. The molecule has 1 fully saturated rings. The van der Waals surface area contributed by atoms with Crippen molar-refractivity contribution < 1.29 is 9.53 Å². The van der Waals surface area contributed by atoms with Crippen LogP contribution in [0.25, 0.3) is 0 Å². The van der Waals surface area contributed by atoms with Gasteiger partial charge < -0.3 is 4.74 Å². The predicted molar refractivity (Wildman–Crippen MR) is 83.4 cm³/mol. The molecule has 0 radical (unpaired) electrons. The Balaban J connectivity index is 1.99. The number of nitrogens with zero attached hydrogens (tertiary/aromatic N) is 2. The van der Waals surface area contributed by atoms with Crippen LogP contribution < -0.4 is 0 Å². The highest BCUT2D eigenvalue weighted by Gasteiger charge is 2.32. The largest absolute Gasteiger partial charge is 0.368 e. The lowest BCUT2D eigenvalue weighted by molar-refractivity contribution is -0.141. The molecule has 2 rings (SSSR count). The van der Waals surface area contributed by atoms with Gasteiger partial charge >= 0.3 is 0 Å². The maximum absolute atomic E-state index is 12.5. The minimum Gasteiger partial charge on any atom is -0.368 e. The summed E-state index contributed by atoms with van der Waals surface area (Å²) in [7, 11) is 0. The van der Waals surface area contributed by atoms with E-state index in [1.54, 1.807) is 0 Å². The quantitative estimate of drug-likeness (QED) is 0.769. The first-order chi connectivity index (χ1) is 10.1. The highest BCUT2D eigenvalue weighted by Crippen LogP contribution is 2.27. The molecule has 0 N–H and O–H groups in total. The van der Waals surface area contributed by atoms with Gasteiger partial charge in [0.2, 0.25) is 0 Å². The molecule has 1 aliphatic rings. The molecule has 0 bridgehead atoms. The second-order valence-electron chi connectivity index (χ2n) is 6.20. The van der Waals surface area contributed by atoms with Gasteiger partial charge in [0.1, 0.15) is 5.60 Å². The van der Waals surface area contributed by atoms with Crippen LogP contribution in [0.2, 0.25) is 0 Å². The molecule has 1 atom stereocenters. The van der Waals surface area contributed by atoms with Crippen LogP contribution in [0.3, 0.4) is 0 Å². The molecule has 1 saturated carbocycles. The standard InChI is InChI=1S/C17H28N2O2/c1-4-17(3,21-5-2)16(20)13-14-11-12-19(18-14)15-9-7-6-8-10-15/h11-12,15H,4-10,13H2,1-3H3. The lowest BCUT2D eigenvalue weighted by atomic mass is 9.94. The molecule has 1 heterocycles. The van der Waals surface area contributed by atoms with Crippen molar-refractivity contribution in [2.45, 2.75) is 77.4 Å². The molecule has 0 spiro atoms. The zero-order valence-corrected chi connectivity index (χ0v) is 13.6. The van der Waals surface area contributed by atoms with Gasteiger partial charge in [0.25, 0.3) is 0 Å². The van der Waals surface area contributed by atoms with E-state index in [1.807, 2.05) is 33.0 Å². The van der Waals surface area contributed by atoms with Gasteiger partial charge in [-0.15, -0.1) is 0 Å². The Hall–Kier alpha value is -1.16. The van der Waals surface area contributed by atoms with E-state index in [0.29, 0.717) is 25.5 Å². The number of ether oxygens (including phenoxy) is 1. The van der Waals surface area contributed by atoms with Crippen molar-refractivity contribution in [3.05, 3.63) is 18.0 Å². The van der Waals surface area contributed by atoms with Gasteiger partial charge in [-0.25, -0.2) is 0 Å². The van der Waals surface area contributed by atoms with Gasteiger partial charge in [-0.2, -0.15) is 5.10 Å². The van der Waals surface area contributed by atoms with E-state index in [4.69, 9.17) is 4.74 Å². The lowest BCUT2D eigenvalue weighted by Crippen LogP contribution is -2.39. The molecule has 1 aromatic heterocycles. The van der Waals surface area contributed by atoms with Gasteiger partial charge in [0.15, 0.2) is 5.78 Å². The second-order valence-corrected chi connectivity index (χ2v) is 6.20. The van der Waals surface area contributed by atoms with E-state index < -0.39 is 5.60 Å². The molecular formula is C17H28N2O2. The molecular weight excluding hydrogens is 264 g/mol. The van der Waals surface area contributed by atoms with E-state index in [2.05, 4.69) is 9.78 Å². The molecule has 0 saturated heterocycles. The summed E-state index contributed by atoms with van der Waals surface area (Å²) in [5.41, 5.74) is 0.188. The molecule has 21 heavy (non-hydrogen) atoms. The number of hydrogen-bond donors (Lipinski definition) is 0. The highest BCUT2D eigenvalue weighted by atomic mass is 16.5. The number of ketones is 1. The highest BCUT2D eigenvalue weighted by molar-refractivity contribution is 5.88. The Kier molecular flexibility index (Phi) is 5.57. The Labute approximate surface area is 127 Å². The normalized spacial score (nSPS) is 19.4. The van der Waals surface area contributed by atoms with Crippen molar-refractivity contribution in [1.29, 1.82) is 0 Å². The first-order valence-corrected chi connectivity index (χ1v) is 8.30. The number of aromatic nitrogens is 2. The summed E-state index contributed by atoms with van der Waals surface area (Å²) in [5, 5.41) is 4.62. The van der Waals surface area contributed by atoms with E-state index in [0.717, 1.165) is 5.69 Å². The van der Waals surface area contributed by atoms with Gasteiger partial charge in [0.05, 0.1) is 18.2 Å². The first kappa shape index (κ1) is 16.2. The van der Waals surface area contributed by atoms with Gasteiger partial charge in [-0.05, 0) is 39.2 Å². The number of carbonyl (C=O) groups excluding carboxylic acids is 1. The fourth-order valence-electron chi connectivity index (χ4n) is 3.07. The van der Waals surface area contributed by atoms with E-state index in [9.17, 15) is 4.79 Å². The number of Topliss-reactive ketones (excluding diaryl/α,β-unsaturated/α-hetero) is 1. The molecule has 1 aromatic rings. The second kappa shape index (κ2) is 7.21. The number of rotatable bonds is 7. The molecule has 4 heteroatoms. The molecule has 1 aliphatic carbocycles. The summed E-state index contributed by atoms with van der Waals surface area (Å²) < 4.78 is 7.71. The van der Waals surface area contributed by atoms with Crippen molar-refractivity contribution in [2.24, 2.45) is 0 Å². The fraction of sp³-hybridized carbons (Fsp3) is 0.765. The minimum atomic E-state index is -0.677. The van der Waals surface area contributed by atoms with Crippen molar-refractivity contribution in [3.63, 3.8) is 0 Å². The summed E-state index contributed by atoms with van der Waals surface area (Å²) in [5.74, 6) is 0.126. The average Bonchev–Trinajstić information content (AvgIpc) is 2.96. The van der Waals surface area contributed by atoms with Gasteiger partial charge in [-0.3, -0.25) is 9.48 Å². The van der Waals surface area contributed by atoms with Crippen molar-refractivity contribution in [3.8, 4) is 0 Å². The summed E-state index contributed by atoms with van der Waals surface area (Å²) in [6.45, 7) is 6.37. The van der Waals surface area contributed by atoms with Gasteiger partial charge in [0, 0.05) is 12.8 Å². The molecule has 118 valence electrons. The SMILES string of the molecule is CCOC(C)(CC)C(=O)Cc1ccn(C2CCCCC2)n1. The number of hydrogen-bond acceptors (Lipinski definition) is 3. The molecule has 1 unspecified atom stereocenters. The molecule has 4 nitrogen and oxygen atoms in total. The van der Waals surface area contributed by atoms with Gasteiger partial charge in [-0.1, -0.05) is 26.2 Å². The van der Waals surface area contributed by atoms with Crippen LogP contribution in [-0.2, 0) is 16.0 Å². The third kappa shape index (κ3) is 3.94. The van der Waals surface area contributed by atoms with Crippen molar-refractivity contribution in [2.75, 3.05) is 6.61 Å². The van der Waals surface area contributed by atoms with E-state index in [-0.39, 0.29) is 5.78 Å². The van der Waals surface area contributed by atoms with Crippen LogP contribution >= 0.6 is 0 Å². The average molecular weight is 292 g/mol. The smallest absolute Gasteiger partial charge is 0.170 e. The predicted octanol–water partition coefficient (Wildman–Crippen LogP) is 3.71. The summed E-state index contributed by atoms with van der Waals surface area (Å²) in [4.78, 5) is 12.5. The van der Waals surface area contributed by atoms with Crippen LogP contribution in [0.1, 0.15) is 71.0 Å². The van der Waals surface area contributed by atoms with Crippen LogP contribution in [0.15, 0.2) is 12.3 Å². The van der Waals surface area contributed by atoms with E-state index >= 15 is 0 Å². The van der Waals surface area contributed by atoms with Crippen molar-refractivity contribution >= 4 is 5.78 Å². The lowest BCUT2D eigenvalue weighted by Gasteiger charge is -2.26. The third-order valence-electron chi connectivity index (χ3n) is 4.68. The zero-order chi connectivity index (χ0) is 15.3.